The highest BCUT2D eigenvalue weighted by Gasteiger charge is 2.08. The summed E-state index contributed by atoms with van der Waals surface area (Å²) in [6.07, 6.45) is 3.34. The van der Waals surface area contributed by atoms with Crippen LogP contribution in [0.1, 0.15) is 5.69 Å². The Bertz CT molecular complexity index is 703. The van der Waals surface area contributed by atoms with Crippen LogP contribution in [0.5, 0.6) is 0 Å². The molecule has 0 unspecified atom stereocenters. The van der Waals surface area contributed by atoms with Crippen LogP contribution in [-0.4, -0.2) is 20.0 Å². The topological polar surface area (TPSA) is 43.6 Å². The predicted molar refractivity (Wildman–Crippen MR) is 69.3 cm³/mol. The molecule has 0 atom stereocenters. The Morgan fingerprint density at radius 1 is 1.05 bits per heavy atom. The van der Waals surface area contributed by atoms with Crippen LogP contribution in [0.15, 0.2) is 48.8 Å². The van der Waals surface area contributed by atoms with E-state index >= 15 is 0 Å². The number of benzene rings is 1. The van der Waals surface area contributed by atoms with Crippen molar-refractivity contribution in [2.24, 2.45) is 0 Å². The maximum atomic E-state index is 13.7. The second-order valence-corrected chi connectivity index (χ2v) is 4.19. The van der Waals surface area contributed by atoms with Crippen LogP contribution in [0.25, 0.3) is 16.9 Å². The van der Waals surface area contributed by atoms with Crippen molar-refractivity contribution in [1.29, 1.82) is 0 Å². The van der Waals surface area contributed by atoms with E-state index in [1.807, 2.05) is 19.1 Å². The molecule has 0 amide bonds. The van der Waals surface area contributed by atoms with Gasteiger partial charge in [-0.1, -0.05) is 18.2 Å². The maximum Gasteiger partial charge on any atom is 0.175 e. The summed E-state index contributed by atoms with van der Waals surface area (Å²) < 4.78 is 15.3. The monoisotopic (exact) mass is 254 g/mol. The van der Waals surface area contributed by atoms with E-state index in [-0.39, 0.29) is 5.82 Å². The third-order valence-electron chi connectivity index (χ3n) is 2.79. The van der Waals surface area contributed by atoms with Gasteiger partial charge in [0.2, 0.25) is 0 Å². The average Bonchev–Trinajstić information content (AvgIpc) is 2.89. The van der Waals surface area contributed by atoms with Gasteiger partial charge < -0.3 is 0 Å². The zero-order valence-corrected chi connectivity index (χ0v) is 10.3. The van der Waals surface area contributed by atoms with Gasteiger partial charge in [-0.15, -0.1) is 5.10 Å². The fourth-order valence-electron chi connectivity index (χ4n) is 1.80. The van der Waals surface area contributed by atoms with Gasteiger partial charge in [0.25, 0.3) is 0 Å². The summed E-state index contributed by atoms with van der Waals surface area (Å²) in [5, 5.41) is 12.2. The Kier molecular flexibility index (Phi) is 2.79. The Balaban J connectivity index is 2.00. The molecule has 3 aromatic rings. The van der Waals surface area contributed by atoms with Gasteiger partial charge in [0.15, 0.2) is 5.82 Å². The van der Waals surface area contributed by atoms with Crippen molar-refractivity contribution in [3.8, 4) is 16.9 Å². The molecule has 0 spiro atoms. The quantitative estimate of drug-likeness (QED) is 0.706. The molecule has 0 saturated heterocycles. The lowest BCUT2D eigenvalue weighted by Gasteiger charge is -1.99. The number of aryl methyl sites for hydroxylation is 1. The molecule has 3 rings (SSSR count). The highest BCUT2D eigenvalue weighted by molar-refractivity contribution is 5.62. The Hall–Kier alpha value is -2.56. The van der Waals surface area contributed by atoms with Crippen molar-refractivity contribution >= 4 is 0 Å². The van der Waals surface area contributed by atoms with Crippen LogP contribution >= 0.6 is 0 Å². The first-order valence-corrected chi connectivity index (χ1v) is 5.84. The Labute approximate surface area is 109 Å². The Morgan fingerprint density at radius 2 is 1.89 bits per heavy atom. The van der Waals surface area contributed by atoms with Crippen LogP contribution < -0.4 is 0 Å². The minimum absolute atomic E-state index is 0.267. The van der Waals surface area contributed by atoms with Crippen LogP contribution in [0.3, 0.4) is 0 Å². The lowest BCUT2D eigenvalue weighted by Crippen LogP contribution is -1.99. The van der Waals surface area contributed by atoms with Crippen molar-refractivity contribution in [3.05, 3.63) is 60.3 Å². The van der Waals surface area contributed by atoms with E-state index in [2.05, 4.69) is 15.3 Å². The van der Waals surface area contributed by atoms with Gasteiger partial charge in [0, 0.05) is 17.3 Å². The molecule has 5 heteroatoms. The van der Waals surface area contributed by atoms with Crippen LogP contribution in [0, 0.1) is 12.7 Å². The molecule has 2 aromatic heterocycles. The molecule has 0 aliphatic carbocycles. The van der Waals surface area contributed by atoms with E-state index in [4.69, 9.17) is 0 Å². The minimum atomic E-state index is -0.267. The van der Waals surface area contributed by atoms with Crippen LogP contribution in [0.4, 0.5) is 4.39 Å². The third kappa shape index (κ3) is 2.22. The highest BCUT2D eigenvalue weighted by atomic mass is 19.1. The van der Waals surface area contributed by atoms with E-state index in [1.165, 1.54) is 6.07 Å². The van der Waals surface area contributed by atoms with Crippen molar-refractivity contribution in [1.82, 2.24) is 20.0 Å². The number of hydrogen-bond acceptors (Lipinski definition) is 3. The first kappa shape index (κ1) is 11.5. The molecular formula is C14H11FN4. The first-order valence-electron chi connectivity index (χ1n) is 5.84. The molecule has 0 bridgehead atoms. The SMILES string of the molecule is Cc1ccc(-n2cc(-c3ccccc3F)cn2)nn1. The summed E-state index contributed by atoms with van der Waals surface area (Å²) >= 11 is 0. The molecule has 0 N–H and O–H groups in total. The van der Waals surface area contributed by atoms with Crippen molar-refractivity contribution < 1.29 is 4.39 Å². The fraction of sp³-hybridized carbons (Fsp3) is 0.0714. The van der Waals surface area contributed by atoms with Crippen molar-refractivity contribution in [2.45, 2.75) is 6.92 Å². The summed E-state index contributed by atoms with van der Waals surface area (Å²) in [4.78, 5) is 0. The van der Waals surface area contributed by atoms with Crippen LogP contribution in [0.2, 0.25) is 0 Å². The lowest BCUT2D eigenvalue weighted by molar-refractivity contribution is 0.631. The highest BCUT2D eigenvalue weighted by Crippen LogP contribution is 2.22. The third-order valence-corrected chi connectivity index (χ3v) is 2.79. The number of nitrogens with zero attached hydrogens (tertiary/aromatic N) is 4. The smallest absolute Gasteiger partial charge is 0.175 e. The van der Waals surface area contributed by atoms with Gasteiger partial charge in [-0.25, -0.2) is 9.07 Å². The van der Waals surface area contributed by atoms with Gasteiger partial charge in [-0.2, -0.15) is 10.2 Å². The van der Waals surface area contributed by atoms with Crippen molar-refractivity contribution in [3.63, 3.8) is 0 Å². The summed E-state index contributed by atoms with van der Waals surface area (Å²) in [6.45, 7) is 1.87. The van der Waals surface area contributed by atoms with Gasteiger partial charge in [-0.3, -0.25) is 0 Å². The zero-order valence-electron chi connectivity index (χ0n) is 10.3. The second-order valence-electron chi connectivity index (χ2n) is 4.19. The van der Waals surface area contributed by atoms with Gasteiger partial charge in [0.05, 0.1) is 11.9 Å². The summed E-state index contributed by atoms with van der Waals surface area (Å²) in [5.41, 5.74) is 2.07. The number of rotatable bonds is 2. The van der Waals surface area contributed by atoms with Crippen LogP contribution in [-0.2, 0) is 0 Å². The molecule has 19 heavy (non-hydrogen) atoms. The number of halogens is 1. The summed E-state index contributed by atoms with van der Waals surface area (Å²) in [5.74, 6) is 0.338. The normalized spacial score (nSPS) is 10.6. The summed E-state index contributed by atoms with van der Waals surface area (Å²) in [7, 11) is 0. The molecule has 2 heterocycles. The maximum absolute atomic E-state index is 13.7. The molecule has 0 radical (unpaired) electrons. The fourth-order valence-corrected chi connectivity index (χ4v) is 1.80. The molecular weight excluding hydrogens is 243 g/mol. The molecule has 0 aliphatic heterocycles. The molecule has 1 aromatic carbocycles. The van der Waals surface area contributed by atoms with E-state index in [0.29, 0.717) is 16.9 Å². The average molecular weight is 254 g/mol. The van der Waals surface area contributed by atoms with Crippen molar-refractivity contribution in [2.75, 3.05) is 0 Å². The Morgan fingerprint density at radius 3 is 2.63 bits per heavy atom. The van der Waals surface area contributed by atoms with E-state index in [1.54, 1.807) is 35.3 Å². The largest absolute Gasteiger partial charge is 0.220 e. The van der Waals surface area contributed by atoms with E-state index < -0.39 is 0 Å². The molecule has 0 fully saturated rings. The number of hydrogen-bond donors (Lipinski definition) is 0. The first-order chi connectivity index (χ1) is 9.24. The molecule has 0 saturated carbocycles. The standard InChI is InChI=1S/C14H11FN4/c1-10-6-7-14(18-17-10)19-9-11(8-16-19)12-4-2-3-5-13(12)15/h2-9H,1H3. The number of aromatic nitrogens is 4. The van der Waals surface area contributed by atoms with Gasteiger partial charge in [0.1, 0.15) is 5.82 Å². The second kappa shape index (κ2) is 4.61. The zero-order chi connectivity index (χ0) is 13.2. The van der Waals surface area contributed by atoms with Gasteiger partial charge in [-0.05, 0) is 25.1 Å². The predicted octanol–water partition coefficient (Wildman–Crippen LogP) is 2.78. The minimum Gasteiger partial charge on any atom is -0.220 e. The molecule has 94 valence electrons. The van der Waals surface area contributed by atoms with Gasteiger partial charge >= 0.3 is 0 Å². The molecule has 4 nitrogen and oxygen atoms in total. The summed E-state index contributed by atoms with van der Waals surface area (Å²) in [6, 6.07) is 10.3. The molecule has 0 aliphatic rings. The lowest BCUT2D eigenvalue weighted by atomic mass is 10.1. The van der Waals surface area contributed by atoms with E-state index in [0.717, 1.165) is 5.69 Å². The van der Waals surface area contributed by atoms with E-state index in [9.17, 15) is 4.39 Å².